The largest absolute Gasteiger partial charge is 0.367 e. The van der Waals surface area contributed by atoms with Crippen molar-refractivity contribution < 1.29 is 4.52 Å². The third kappa shape index (κ3) is 1.36. The Balaban J connectivity index is 1.90. The molecule has 3 rings (SSSR count). The van der Waals surface area contributed by atoms with Gasteiger partial charge in [0, 0.05) is 11.5 Å². The van der Waals surface area contributed by atoms with Crippen molar-refractivity contribution in [2.45, 2.75) is 44.9 Å². The first kappa shape index (κ1) is 9.25. The lowest BCUT2D eigenvalue weighted by Gasteiger charge is -2.12. The highest BCUT2D eigenvalue weighted by atomic mass is 16.5. The minimum atomic E-state index is 0.420. The second-order valence-corrected chi connectivity index (χ2v) is 5.42. The first-order chi connectivity index (χ1) is 7.16. The molecule has 0 radical (unpaired) electrons. The summed E-state index contributed by atoms with van der Waals surface area (Å²) in [6.45, 7) is 4.31. The van der Waals surface area contributed by atoms with E-state index in [1.54, 1.807) is 0 Å². The molecule has 2 aliphatic carbocycles. The van der Waals surface area contributed by atoms with Gasteiger partial charge < -0.3 is 10.3 Å². The normalized spacial score (nSPS) is 33.4. The van der Waals surface area contributed by atoms with E-state index in [1.165, 1.54) is 19.3 Å². The Hall–Kier alpha value is -0.990. The Morgan fingerprint density at radius 2 is 1.93 bits per heavy atom. The molecule has 1 aromatic heterocycles. The molecule has 2 saturated carbocycles. The summed E-state index contributed by atoms with van der Waals surface area (Å²) < 4.78 is 5.15. The van der Waals surface area contributed by atoms with Crippen LogP contribution in [-0.4, -0.2) is 5.16 Å². The molecule has 82 valence electrons. The molecule has 0 aromatic carbocycles. The van der Waals surface area contributed by atoms with Gasteiger partial charge in [0.15, 0.2) is 0 Å². The molecule has 0 saturated heterocycles. The zero-order chi connectivity index (χ0) is 10.6. The molecular weight excluding hydrogens is 188 g/mol. The highest BCUT2D eigenvalue weighted by Gasteiger charge is 2.47. The van der Waals surface area contributed by atoms with Crippen LogP contribution in [0, 0.1) is 11.8 Å². The van der Waals surface area contributed by atoms with Gasteiger partial charge in [0.05, 0.1) is 5.69 Å². The van der Waals surface area contributed by atoms with Gasteiger partial charge in [-0.3, -0.25) is 0 Å². The minimum absolute atomic E-state index is 0.420. The van der Waals surface area contributed by atoms with Crippen molar-refractivity contribution in [2.24, 2.45) is 11.8 Å². The summed E-state index contributed by atoms with van der Waals surface area (Å²) in [5.41, 5.74) is 8.13. The lowest BCUT2D eigenvalue weighted by atomic mass is 9.92. The summed E-state index contributed by atoms with van der Waals surface area (Å²) in [6.07, 6.45) is 4.05. The molecule has 0 aliphatic heterocycles. The molecule has 1 heterocycles. The number of nitrogens with two attached hydrogens (primary N) is 1. The summed E-state index contributed by atoms with van der Waals surface area (Å²) in [5.74, 6) is 3.52. The van der Waals surface area contributed by atoms with Crippen molar-refractivity contribution in [2.75, 3.05) is 5.73 Å². The van der Waals surface area contributed by atoms with Crippen LogP contribution in [0.5, 0.6) is 0 Å². The van der Waals surface area contributed by atoms with Crippen molar-refractivity contribution in [1.29, 1.82) is 0 Å². The predicted octanol–water partition coefficient (Wildman–Crippen LogP) is 2.89. The number of anilines is 1. The monoisotopic (exact) mass is 206 g/mol. The van der Waals surface area contributed by atoms with E-state index >= 15 is 0 Å². The van der Waals surface area contributed by atoms with Crippen LogP contribution in [0.4, 0.5) is 5.88 Å². The summed E-state index contributed by atoms with van der Waals surface area (Å²) in [7, 11) is 0. The third-order valence-electron chi connectivity index (χ3n) is 3.99. The SMILES string of the molecule is CC(C)c1c(C2CC3CC3C2)noc1N. The Morgan fingerprint density at radius 1 is 1.27 bits per heavy atom. The van der Waals surface area contributed by atoms with E-state index in [0.29, 0.717) is 17.7 Å². The van der Waals surface area contributed by atoms with Crippen molar-refractivity contribution in [1.82, 2.24) is 5.16 Å². The Morgan fingerprint density at radius 3 is 2.53 bits per heavy atom. The van der Waals surface area contributed by atoms with Gasteiger partial charge in [-0.1, -0.05) is 19.0 Å². The fourth-order valence-electron chi connectivity index (χ4n) is 3.14. The average molecular weight is 206 g/mol. The second-order valence-electron chi connectivity index (χ2n) is 5.42. The maximum Gasteiger partial charge on any atom is 0.225 e. The van der Waals surface area contributed by atoms with Crippen molar-refractivity contribution in [3.63, 3.8) is 0 Å². The molecular formula is C12H18N2O. The molecule has 3 heteroatoms. The van der Waals surface area contributed by atoms with Gasteiger partial charge in [0.25, 0.3) is 0 Å². The van der Waals surface area contributed by atoms with E-state index in [0.717, 1.165) is 23.1 Å². The summed E-state index contributed by atoms with van der Waals surface area (Å²) in [6, 6.07) is 0. The number of nitrogens with zero attached hydrogens (tertiary/aromatic N) is 1. The summed E-state index contributed by atoms with van der Waals surface area (Å²) >= 11 is 0. The van der Waals surface area contributed by atoms with E-state index in [1.807, 2.05) is 0 Å². The second kappa shape index (κ2) is 3.00. The smallest absolute Gasteiger partial charge is 0.225 e. The van der Waals surface area contributed by atoms with Crippen molar-refractivity contribution in [3.8, 4) is 0 Å². The zero-order valence-corrected chi connectivity index (χ0v) is 9.36. The molecule has 2 fully saturated rings. The van der Waals surface area contributed by atoms with Gasteiger partial charge in [-0.05, 0) is 37.0 Å². The van der Waals surface area contributed by atoms with Crippen LogP contribution in [0.3, 0.4) is 0 Å². The van der Waals surface area contributed by atoms with Gasteiger partial charge >= 0.3 is 0 Å². The molecule has 0 spiro atoms. The summed E-state index contributed by atoms with van der Waals surface area (Å²) in [4.78, 5) is 0. The zero-order valence-electron chi connectivity index (χ0n) is 9.36. The summed E-state index contributed by atoms with van der Waals surface area (Å²) in [5, 5.41) is 4.17. The van der Waals surface area contributed by atoms with Crippen LogP contribution in [0.2, 0.25) is 0 Å². The van der Waals surface area contributed by atoms with Crippen LogP contribution >= 0.6 is 0 Å². The van der Waals surface area contributed by atoms with Crippen LogP contribution in [0.15, 0.2) is 4.52 Å². The van der Waals surface area contributed by atoms with E-state index in [-0.39, 0.29) is 0 Å². The molecule has 3 nitrogen and oxygen atoms in total. The number of aromatic nitrogens is 1. The molecule has 0 bridgehead atoms. The maximum absolute atomic E-state index is 5.83. The van der Waals surface area contributed by atoms with Crippen LogP contribution in [0.1, 0.15) is 56.2 Å². The van der Waals surface area contributed by atoms with Crippen LogP contribution < -0.4 is 5.73 Å². The highest BCUT2D eigenvalue weighted by Crippen LogP contribution is 2.58. The molecule has 2 atom stereocenters. The van der Waals surface area contributed by atoms with Crippen LogP contribution in [-0.2, 0) is 0 Å². The quantitative estimate of drug-likeness (QED) is 0.809. The average Bonchev–Trinajstić information content (AvgIpc) is 2.62. The third-order valence-corrected chi connectivity index (χ3v) is 3.99. The molecule has 2 N–H and O–H groups in total. The Kier molecular flexibility index (Phi) is 1.85. The van der Waals surface area contributed by atoms with E-state index in [4.69, 9.17) is 10.3 Å². The highest BCUT2D eigenvalue weighted by molar-refractivity contribution is 5.43. The molecule has 2 aliphatic rings. The maximum atomic E-state index is 5.83. The van der Waals surface area contributed by atoms with Gasteiger partial charge in [-0.15, -0.1) is 0 Å². The number of hydrogen-bond donors (Lipinski definition) is 1. The van der Waals surface area contributed by atoms with Gasteiger partial charge in [-0.25, -0.2) is 0 Å². The lowest BCUT2D eigenvalue weighted by Crippen LogP contribution is -2.03. The van der Waals surface area contributed by atoms with Crippen molar-refractivity contribution in [3.05, 3.63) is 11.3 Å². The Labute approximate surface area is 90.0 Å². The van der Waals surface area contributed by atoms with Gasteiger partial charge in [0.2, 0.25) is 5.88 Å². The van der Waals surface area contributed by atoms with Gasteiger partial charge in [0.1, 0.15) is 0 Å². The van der Waals surface area contributed by atoms with E-state index in [9.17, 15) is 0 Å². The molecule has 15 heavy (non-hydrogen) atoms. The molecule has 0 amide bonds. The standard InChI is InChI=1S/C12H18N2O/c1-6(2)10-11(14-15-12(10)13)9-4-7-3-8(7)5-9/h6-9H,3-5,13H2,1-2H3. The number of fused-ring (bicyclic) bond motifs is 1. The van der Waals surface area contributed by atoms with Crippen LogP contribution in [0.25, 0.3) is 0 Å². The fourth-order valence-corrected chi connectivity index (χ4v) is 3.14. The Bertz CT molecular complexity index is 373. The van der Waals surface area contributed by atoms with E-state index in [2.05, 4.69) is 19.0 Å². The van der Waals surface area contributed by atoms with Gasteiger partial charge in [-0.2, -0.15) is 0 Å². The number of hydrogen-bond acceptors (Lipinski definition) is 3. The number of nitrogen functional groups attached to an aromatic ring is 1. The minimum Gasteiger partial charge on any atom is -0.367 e. The lowest BCUT2D eigenvalue weighted by molar-refractivity contribution is 0.416. The van der Waals surface area contributed by atoms with E-state index < -0.39 is 0 Å². The van der Waals surface area contributed by atoms with Crippen molar-refractivity contribution >= 4 is 5.88 Å². The molecule has 2 unspecified atom stereocenters. The molecule has 1 aromatic rings. The predicted molar refractivity (Wildman–Crippen MR) is 58.6 cm³/mol. The first-order valence-electron chi connectivity index (χ1n) is 5.91. The fraction of sp³-hybridized carbons (Fsp3) is 0.750. The number of rotatable bonds is 2. The first-order valence-corrected chi connectivity index (χ1v) is 5.91. The topological polar surface area (TPSA) is 52.0 Å².